The van der Waals surface area contributed by atoms with E-state index < -0.39 is 10.8 Å². The first-order valence-corrected chi connectivity index (χ1v) is 8.16. The van der Waals surface area contributed by atoms with Crippen molar-refractivity contribution in [1.29, 1.82) is 0 Å². The second-order valence-electron chi connectivity index (χ2n) is 5.50. The molecule has 1 aromatic carbocycles. The number of likely N-dealkylation sites (tertiary alicyclic amines) is 1. The zero-order chi connectivity index (χ0) is 16.5. The summed E-state index contributed by atoms with van der Waals surface area (Å²) in [5, 5.41) is 0. The fourth-order valence-corrected chi connectivity index (χ4v) is 3.47. The number of carbonyl (C=O) groups excluding carboxylic acids is 2. The van der Waals surface area contributed by atoms with Crippen molar-refractivity contribution in [3.8, 4) is 5.75 Å². The summed E-state index contributed by atoms with van der Waals surface area (Å²) in [6, 6.07) is 5.51. The summed E-state index contributed by atoms with van der Waals surface area (Å²) >= 11 is 4.54. The van der Waals surface area contributed by atoms with Gasteiger partial charge in [0.15, 0.2) is 5.78 Å². The quantitative estimate of drug-likeness (QED) is 0.670. The first kappa shape index (κ1) is 16.9. The monoisotopic (exact) mass is 321 g/mol. The molecule has 5 heteroatoms. The number of ketones is 1. The van der Waals surface area contributed by atoms with Crippen molar-refractivity contribution in [3.05, 3.63) is 29.3 Å². The molecule has 4 nitrogen and oxygen atoms in total. The molecule has 0 bridgehead atoms. The zero-order valence-corrected chi connectivity index (χ0v) is 14.4. The van der Waals surface area contributed by atoms with Crippen molar-refractivity contribution >= 4 is 24.3 Å². The highest BCUT2D eigenvalue weighted by molar-refractivity contribution is 7.82. The molecule has 1 heterocycles. The summed E-state index contributed by atoms with van der Waals surface area (Å²) in [5.41, 5.74) is 1.64. The largest absolute Gasteiger partial charge is 0.494 e. The van der Waals surface area contributed by atoms with Crippen molar-refractivity contribution in [3.63, 3.8) is 0 Å². The van der Waals surface area contributed by atoms with Gasteiger partial charge >= 0.3 is 0 Å². The maximum atomic E-state index is 12.8. The minimum Gasteiger partial charge on any atom is -0.494 e. The lowest BCUT2D eigenvalue weighted by atomic mass is 9.90. The number of ether oxygens (including phenoxy) is 1. The third-order valence-corrected chi connectivity index (χ3v) is 5.07. The van der Waals surface area contributed by atoms with E-state index in [0.29, 0.717) is 19.6 Å². The molecule has 0 radical (unpaired) electrons. The van der Waals surface area contributed by atoms with Gasteiger partial charge in [-0.05, 0) is 50.5 Å². The number of thiol groups is 1. The van der Waals surface area contributed by atoms with Gasteiger partial charge < -0.3 is 9.64 Å². The lowest BCUT2D eigenvalue weighted by Gasteiger charge is -2.30. The molecule has 0 N–H and O–H groups in total. The molecule has 2 atom stereocenters. The normalized spacial score (nSPS) is 25.0. The predicted octanol–water partition coefficient (Wildman–Crippen LogP) is 2.94. The van der Waals surface area contributed by atoms with Crippen molar-refractivity contribution in [2.75, 3.05) is 13.2 Å². The van der Waals surface area contributed by atoms with Gasteiger partial charge in [-0.3, -0.25) is 9.59 Å². The van der Waals surface area contributed by atoms with Crippen LogP contribution in [0.4, 0.5) is 0 Å². The minimum absolute atomic E-state index is 0.127. The maximum absolute atomic E-state index is 12.8. The van der Waals surface area contributed by atoms with Crippen LogP contribution < -0.4 is 4.74 Å². The smallest absolute Gasteiger partial charge is 0.239 e. The van der Waals surface area contributed by atoms with E-state index >= 15 is 0 Å². The summed E-state index contributed by atoms with van der Waals surface area (Å²) in [6.07, 6.45) is 0.501. The van der Waals surface area contributed by atoms with Crippen LogP contribution in [0.15, 0.2) is 18.2 Å². The van der Waals surface area contributed by atoms with Crippen LogP contribution in [0.1, 0.15) is 44.2 Å². The second kappa shape index (κ2) is 6.32. The summed E-state index contributed by atoms with van der Waals surface area (Å²) in [4.78, 5) is 26.1. The molecule has 1 amide bonds. The van der Waals surface area contributed by atoms with Crippen molar-refractivity contribution in [1.82, 2.24) is 4.90 Å². The Bertz CT molecular complexity index is 602. The van der Waals surface area contributed by atoms with Crippen molar-refractivity contribution < 1.29 is 14.3 Å². The Hall–Kier alpha value is -1.49. The van der Waals surface area contributed by atoms with Crippen LogP contribution in [0.3, 0.4) is 0 Å². The van der Waals surface area contributed by atoms with E-state index in [1.54, 1.807) is 4.90 Å². The van der Waals surface area contributed by atoms with E-state index in [0.717, 1.165) is 16.9 Å². The molecule has 1 saturated heterocycles. The highest BCUT2D eigenvalue weighted by atomic mass is 32.1. The summed E-state index contributed by atoms with van der Waals surface area (Å²) in [5.74, 6) is -0.288. The Morgan fingerprint density at radius 1 is 1.27 bits per heavy atom. The fourth-order valence-electron chi connectivity index (χ4n) is 3.10. The van der Waals surface area contributed by atoms with Gasteiger partial charge in [-0.15, -0.1) is 12.6 Å². The number of rotatable bonds is 5. The molecule has 1 aliphatic heterocycles. The van der Waals surface area contributed by atoms with Gasteiger partial charge in [-0.25, -0.2) is 0 Å². The van der Waals surface area contributed by atoms with Crippen LogP contribution in [0.5, 0.6) is 5.75 Å². The van der Waals surface area contributed by atoms with E-state index in [4.69, 9.17) is 4.74 Å². The van der Waals surface area contributed by atoms with Gasteiger partial charge in [0.2, 0.25) is 5.91 Å². The maximum Gasteiger partial charge on any atom is 0.239 e. The topological polar surface area (TPSA) is 46.6 Å². The highest BCUT2D eigenvalue weighted by Crippen LogP contribution is 2.42. The first-order chi connectivity index (χ1) is 10.4. The number of hydrogen-bond acceptors (Lipinski definition) is 4. The Kier molecular flexibility index (Phi) is 4.85. The number of aryl methyl sites for hydroxylation is 1. The third kappa shape index (κ3) is 2.51. The first-order valence-electron chi connectivity index (χ1n) is 7.72. The number of nitrogens with zero attached hydrogens (tertiary/aromatic N) is 1. The van der Waals surface area contributed by atoms with E-state index in [1.165, 1.54) is 0 Å². The number of Topliss-reactive ketones (excluding diaryl/α,β-unsaturated/α-hetero) is 1. The average molecular weight is 321 g/mol. The molecule has 2 rings (SSSR count). The number of amides is 1. The van der Waals surface area contributed by atoms with Gasteiger partial charge in [0.05, 0.1) is 6.61 Å². The fraction of sp³-hybridized carbons (Fsp3) is 0.529. The van der Waals surface area contributed by atoms with Crippen LogP contribution in [-0.2, 0) is 9.59 Å². The van der Waals surface area contributed by atoms with E-state index in [9.17, 15) is 9.59 Å². The van der Waals surface area contributed by atoms with E-state index in [-0.39, 0.29) is 11.7 Å². The number of likely N-dealkylation sites (N-methyl/N-ethyl adjacent to an activating group) is 1. The van der Waals surface area contributed by atoms with Gasteiger partial charge in [0.1, 0.15) is 16.5 Å². The lowest BCUT2D eigenvalue weighted by Crippen LogP contribution is -2.44. The van der Waals surface area contributed by atoms with Crippen molar-refractivity contribution in [2.45, 2.75) is 44.9 Å². The Balaban J connectivity index is 2.45. The van der Waals surface area contributed by atoms with Crippen LogP contribution in [0, 0.1) is 6.92 Å². The second-order valence-corrected chi connectivity index (χ2v) is 6.24. The van der Waals surface area contributed by atoms with Gasteiger partial charge in [0.25, 0.3) is 0 Å². The van der Waals surface area contributed by atoms with E-state index in [1.807, 2.05) is 45.9 Å². The third-order valence-electron chi connectivity index (χ3n) is 4.29. The molecule has 1 aliphatic rings. The molecule has 0 aromatic heterocycles. The molecule has 22 heavy (non-hydrogen) atoms. The highest BCUT2D eigenvalue weighted by Gasteiger charge is 2.55. The lowest BCUT2D eigenvalue weighted by molar-refractivity contribution is -0.130. The summed E-state index contributed by atoms with van der Waals surface area (Å²) in [7, 11) is 0. The van der Waals surface area contributed by atoms with Crippen LogP contribution in [0.2, 0.25) is 0 Å². The standard InChI is InChI=1S/C17H23NO3S/c1-5-17(22)15(19)14(16(20)18(17)6-2)13-9-8-12(21-7-3)10-11(13)4/h8-10,14,22H,5-7H2,1-4H3. The molecule has 1 fully saturated rings. The molecule has 2 unspecified atom stereocenters. The zero-order valence-electron chi connectivity index (χ0n) is 13.5. The molecule has 1 aromatic rings. The number of benzene rings is 1. The molecule has 120 valence electrons. The molecular weight excluding hydrogens is 298 g/mol. The van der Waals surface area contributed by atoms with Gasteiger partial charge in [-0.2, -0.15) is 0 Å². The molecule has 0 aliphatic carbocycles. The van der Waals surface area contributed by atoms with Crippen molar-refractivity contribution in [2.24, 2.45) is 0 Å². The predicted molar refractivity (Wildman–Crippen MR) is 89.5 cm³/mol. The Morgan fingerprint density at radius 2 is 1.95 bits per heavy atom. The summed E-state index contributed by atoms with van der Waals surface area (Å²) in [6.45, 7) is 8.64. The SMILES string of the molecule is CCOc1ccc(C2C(=O)N(CC)C(S)(CC)C2=O)c(C)c1. The van der Waals surface area contributed by atoms with Crippen LogP contribution in [-0.4, -0.2) is 34.6 Å². The Labute approximate surface area is 137 Å². The van der Waals surface area contributed by atoms with Crippen LogP contribution in [0.25, 0.3) is 0 Å². The minimum atomic E-state index is -0.998. The molecule has 0 saturated carbocycles. The number of carbonyl (C=O) groups is 2. The van der Waals surface area contributed by atoms with Crippen LogP contribution >= 0.6 is 12.6 Å². The van der Waals surface area contributed by atoms with E-state index in [2.05, 4.69) is 12.6 Å². The Morgan fingerprint density at radius 3 is 2.41 bits per heavy atom. The van der Waals surface area contributed by atoms with Gasteiger partial charge in [0, 0.05) is 6.54 Å². The van der Waals surface area contributed by atoms with Gasteiger partial charge in [-0.1, -0.05) is 13.0 Å². The summed E-state index contributed by atoms with van der Waals surface area (Å²) < 4.78 is 5.47. The molecule has 0 spiro atoms. The molecular formula is C17H23NO3S. The number of hydrogen-bond donors (Lipinski definition) is 1. The average Bonchev–Trinajstić information content (AvgIpc) is 2.68.